The van der Waals surface area contributed by atoms with Crippen molar-refractivity contribution in [3.8, 4) is 5.75 Å². The first-order chi connectivity index (χ1) is 8.72. The van der Waals surface area contributed by atoms with E-state index in [1.807, 2.05) is 31.2 Å². The van der Waals surface area contributed by atoms with Crippen molar-refractivity contribution in [3.05, 3.63) is 29.8 Å². The van der Waals surface area contributed by atoms with Crippen LogP contribution in [0.4, 0.5) is 0 Å². The Bertz CT molecular complexity index is 419. The first kappa shape index (κ1) is 12.9. The fraction of sp³-hybridized carbons (Fsp3) is 0.500. The molecule has 1 heterocycles. The monoisotopic (exact) mass is 249 g/mol. The maximum Gasteiger partial charge on any atom is 0.319 e. The molecule has 4 nitrogen and oxygen atoms in total. The van der Waals surface area contributed by atoms with Gasteiger partial charge in [-0.3, -0.25) is 10.1 Å². The van der Waals surface area contributed by atoms with Crippen LogP contribution in [0.5, 0.6) is 5.75 Å². The number of carbonyl (C=O) groups is 1. The third-order valence-electron chi connectivity index (χ3n) is 3.10. The topological polar surface area (TPSA) is 47.6 Å². The van der Waals surface area contributed by atoms with Gasteiger partial charge in [0.2, 0.25) is 0 Å². The van der Waals surface area contributed by atoms with Gasteiger partial charge < -0.3 is 9.47 Å². The van der Waals surface area contributed by atoms with Gasteiger partial charge in [0.25, 0.3) is 0 Å². The number of para-hydroxylation sites is 1. The molecule has 2 rings (SSSR count). The summed E-state index contributed by atoms with van der Waals surface area (Å²) in [6.45, 7) is 5.23. The minimum absolute atomic E-state index is 0.138. The number of benzene rings is 1. The van der Waals surface area contributed by atoms with Crippen LogP contribution in [0.1, 0.15) is 25.5 Å². The lowest BCUT2D eigenvalue weighted by molar-refractivity contribution is -0.142. The minimum Gasteiger partial charge on any atom is -0.493 e. The van der Waals surface area contributed by atoms with Crippen LogP contribution in [0.25, 0.3) is 0 Å². The van der Waals surface area contributed by atoms with Crippen molar-refractivity contribution in [1.29, 1.82) is 0 Å². The van der Waals surface area contributed by atoms with Crippen LogP contribution < -0.4 is 10.1 Å². The maximum absolute atomic E-state index is 11.4. The molecule has 1 aromatic rings. The van der Waals surface area contributed by atoms with E-state index >= 15 is 0 Å². The number of rotatable bonds is 4. The summed E-state index contributed by atoms with van der Waals surface area (Å²) in [5.74, 6) is 1.01. The highest BCUT2D eigenvalue weighted by molar-refractivity contribution is 5.71. The Labute approximate surface area is 107 Å². The molecule has 0 aliphatic carbocycles. The van der Waals surface area contributed by atoms with Crippen LogP contribution >= 0.6 is 0 Å². The molecule has 0 fully saturated rings. The summed E-state index contributed by atoms with van der Waals surface area (Å²) >= 11 is 0. The van der Waals surface area contributed by atoms with E-state index in [-0.39, 0.29) is 18.6 Å². The Balaban J connectivity index is 2.05. The Kier molecular flexibility index (Phi) is 4.20. The van der Waals surface area contributed by atoms with Gasteiger partial charge >= 0.3 is 5.97 Å². The summed E-state index contributed by atoms with van der Waals surface area (Å²) in [6.07, 6.45) is 0. The van der Waals surface area contributed by atoms with E-state index in [0.717, 1.165) is 11.3 Å². The average Bonchev–Trinajstić information content (AvgIpc) is 2.38. The molecule has 4 heteroatoms. The lowest BCUT2D eigenvalue weighted by atomic mass is 9.92. The summed E-state index contributed by atoms with van der Waals surface area (Å²) < 4.78 is 10.6. The molecule has 0 saturated carbocycles. The van der Waals surface area contributed by atoms with Crippen LogP contribution in [-0.2, 0) is 9.53 Å². The van der Waals surface area contributed by atoms with Crippen LogP contribution in [0.2, 0.25) is 0 Å². The van der Waals surface area contributed by atoms with Crippen molar-refractivity contribution in [1.82, 2.24) is 5.32 Å². The summed E-state index contributed by atoms with van der Waals surface area (Å²) in [7, 11) is 0. The first-order valence-electron chi connectivity index (χ1n) is 6.33. The molecule has 0 saturated heterocycles. The zero-order valence-electron chi connectivity index (χ0n) is 10.8. The fourth-order valence-electron chi connectivity index (χ4n) is 2.21. The van der Waals surface area contributed by atoms with Crippen molar-refractivity contribution in [3.63, 3.8) is 0 Å². The van der Waals surface area contributed by atoms with Crippen LogP contribution in [-0.4, -0.2) is 25.7 Å². The van der Waals surface area contributed by atoms with Crippen molar-refractivity contribution in [2.75, 3.05) is 19.8 Å². The van der Waals surface area contributed by atoms with Gasteiger partial charge in [0.05, 0.1) is 19.8 Å². The van der Waals surface area contributed by atoms with E-state index in [1.165, 1.54) is 0 Å². The zero-order valence-corrected chi connectivity index (χ0v) is 10.8. The Morgan fingerprint density at radius 2 is 2.28 bits per heavy atom. The zero-order chi connectivity index (χ0) is 13.0. The highest BCUT2D eigenvalue weighted by Gasteiger charge is 2.27. The highest BCUT2D eigenvalue weighted by Crippen LogP contribution is 2.34. The molecule has 0 bridgehead atoms. The number of carbonyl (C=O) groups excluding carboxylic acids is 1. The van der Waals surface area contributed by atoms with Crippen LogP contribution in [0, 0.1) is 5.92 Å². The molecule has 2 atom stereocenters. The smallest absolute Gasteiger partial charge is 0.319 e. The van der Waals surface area contributed by atoms with Crippen molar-refractivity contribution >= 4 is 5.97 Å². The minimum atomic E-state index is -0.214. The van der Waals surface area contributed by atoms with Crippen LogP contribution in [0.15, 0.2) is 24.3 Å². The number of esters is 1. The van der Waals surface area contributed by atoms with Crippen molar-refractivity contribution in [2.45, 2.75) is 19.9 Å². The molecule has 18 heavy (non-hydrogen) atoms. The molecule has 0 aromatic heterocycles. The predicted octanol–water partition coefficient (Wildman–Crippen LogP) is 1.91. The van der Waals surface area contributed by atoms with E-state index in [4.69, 9.17) is 9.47 Å². The summed E-state index contributed by atoms with van der Waals surface area (Å²) in [4.78, 5) is 11.4. The van der Waals surface area contributed by atoms with Gasteiger partial charge in [0, 0.05) is 17.5 Å². The summed E-state index contributed by atoms with van der Waals surface area (Å²) in [5.41, 5.74) is 1.11. The average molecular weight is 249 g/mol. The molecule has 0 amide bonds. The van der Waals surface area contributed by atoms with Crippen LogP contribution in [0.3, 0.4) is 0 Å². The molecule has 1 aliphatic rings. The van der Waals surface area contributed by atoms with Gasteiger partial charge in [-0.25, -0.2) is 0 Å². The molecule has 1 aromatic carbocycles. The molecule has 0 radical (unpaired) electrons. The van der Waals surface area contributed by atoms with Gasteiger partial charge in [0.1, 0.15) is 5.75 Å². The first-order valence-corrected chi connectivity index (χ1v) is 6.33. The van der Waals surface area contributed by atoms with Gasteiger partial charge in [-0.1, -0.05) is 25.1 Å². The Morgan fingerprint density at radius 3 is 3.06 bits per heavy atom. The molecule has 98 valence electrons. The lowest BCUT2D eigenvalue weighted by Crippen LogP contribution is -2.37. The molecule has 1 aliphatic heterocycles. The van der Waals surface area contributed by atoms with Gasteiger partial charge in [-0.05, 0) is 13.0 Å². The molecule has 1 N–H and O–H groups in total. The maximum atomic E-state index is 11.4. The summed E-state index contributed by atoms with van der Waals surface area (Å²) in [6, 6.07) is 8.07. The van der Waals surface area contributed by atoms with Crippen molar-refractivity contribution in [2.24, 2.45) is 5.92 Å². The number of hydrogen-bond donors (Lipinski definition) is 1. The fourth-order valence-corrected chi connectivity index (χ4v) is 2.21. The van der Waals surface area contributed by atoms with Crippen molar-refractivity contribution < 1.29 is 14.3 Å². The lowest BCUT2D eigenvalue weighted by Gasteiger charge is -2.31. The normalized spacial score (nSPS) is 21.9. The van der Waals surface area contributed by atoms with E-state index in [9.17, 15) is 4.79 Å². The quantitative estimate of drug-likeness (QED) is 0.828. The molecule has 2 unspecified atom stereocenters. The highest BCUT2D eigenvalue weighted by atomic mass is 16.5. The molecular formula is C14H19NO3. The third-order valence-corrected chi connectivity index (χ3v) is 3.10. The van der Waals surface area contributed by atoms with E-state index < -0.39 is 0 Å². The van der Waals surface area contributed by atoms with Gasteiger partial charge in [-0.2, -0.15) is 0 Å². The molecular weight excluding hydrogens is 230 g/mol. The van der Waals surface area contributed by atoms with Gasteiger partial charge in [-0.15, -0.1) is 0 Å². The predicted molar refractivity (Wildman–Crippen MR) is 68.5 cm³/mol. The second kappa shape index (κ2) is 5.87. The standard InChI is InChI=1S/C14H19NO3/c1-3-17-13(16)8-15-14-10(2)9-18-12-7-5-4-6-11(12)14/h4-7,10,14-15H,3,8-9H2,1-2H3. The third kappa shape index (κ3) is 2.82. The molecule has 0 spiro atoms. The Hall–Kier alpha value is -1.55. The van der Waals surface area contributed by atoms with E-state index in [2.05, 4.69) is 12.2 Å². The second-order valence-corrected chi connectivity index (χ2v) is 4.49. The van der Waals surface area contributed by atoms with E-state index in [0.29, 0.717) is 19.1 Å². The number of ether oxygens (including phenoxy) is 2. The number of hydrogen-bond acceptors (Lipinski definition) is 4. The second-order valence-electron chi connectivity index (χ2n) is 4.49. The number of fused-ring (bicyclic) bond motifs is 1. The Morgan fingerprint density at radius 1 is 1.50 bits per heavy atom. The number of nitrogens with one attached hydrogen (secondary N) is 1. The van der Waals surface area contributed by atoms with E-state index in [1.54, 1.807) is 0 Å². The van der Waals surface area contributed by atoms with Gasteiger partial charge in [0.15, 0.2) is 0 Å². The summed E-state index contributed by atoms with van der Waals surface area (Å²) in [5, 5.41) is 3.26. The largest absolute Gasteiger partial charge is 0.493 e. The SMILES string of the molecule is CCOC(=O)CNC1c2ccccc2OCC1C.